The molecule has 144 valence electrons. The van der Waals surface area contributed by atoms with Gasteiger partial charge >= 0.3 is 0 Å². The Kier molecular flexibility index (Phi) is 7.12. The van der Waals surface area contributed by atoms with Crippen molar-refractivity contribution < 1.29 is 18.0 Å². The molecule has 0 unspecified atom stereocenters. The third-order valence-corrected chi connectivity index (χ3v) is 5.44. The Morgan fingerprint density at radius 3 is 1.37 bits per heavy atom. The Balaban J connectivity index is 1.89. The van der Waals surface area contributed by atoms with Crippen LogP contribution in [0.3, 0.4) is 0 Å². The van der Waals surface area contributed by atoms with Crippen molar-refractivity contribution in [2.75, 3.05) is 25.6 Å². The molecule has 0 fully saturated rings. The third kappa shape index (κ3) is 6.86. The van der Waals surface area contributed by atoms with Crippen LogP contribution in [0.5, 0.6) is 0 Å². The van der Waals surface area contributed by atoms with Gasteiger partial charge in [0.2, 0.25) is 11.8 Å². The lowest BCUT2D eigenvalue weighted by atomic mass is 10.2. The molecule has 0 spiro atoms. The van der Waals surface area contributed by atoms with Crippen LogP contribution >= 0.6 is 0 Å². The number of benzene rings is 2. The van der Waals surface area contributed by atoms with Gasteiger partial charge in [-0.05, 0) is 11.1 Å². The minimum atomic E-state index is -3.84. The van der Waals surface area contributed by atoms with Crippen LogP contribution in [0.4, 0.5) is 0 Å². The summed E-state index contributed by atoms with van der Waals surface area (Å²) in [6.45, 7) is 0.633. The van der Waals surface area contributed by atoms with Crippen LogP contribution in [0.2, 0.25) is 0 Å². The zero-order valence-corrected chi connectivity index (χ0v) is 16.4. The maximum absolute atomic E-state index is 12.3. The molecule has 0 aliphatic heterocycles. The van der Waals surface area contributed by atoms with Crippen molar-refractivity contribution in [3.8, 4) is 0 Å². The molecule has 0 aliphatic carbocycles. The van der Waals surface area contributed by atoms with Crippen molar-refractivity contribution in [3.63, 3.8) is 0 Å². The molecule has 0 heterocycles. The van der Waals surface area contributed by atoms with Gasteiger partial charge in [-0.15, -0.1) is 0 Å². The summed E-state index contributed by atoms with van der Waals surface area (Å²) in [6, 6.07) is 18.6. The number of hydrogen-bond acceptors (Lipinski definition) is 4. The third-order valence-electron chi connectivity index (χ3n) is 4.06. The number of carbonyl (C=O) groups is 2. The quantitative estimate of drug-likeness (QED) is 0.690. The SMILES string of the molecule is CN(Cc1ccccc1)C(=O)CS(=O)(=O)CC(=O)N(C)Cc1ccccc1. The Hall–Kier alpha value is -2.67. The molecular weight excluding hydrogens is 364 g/mol. The topological polar surface area (TPSA) is 74.8 Å². The summed E-state index contributed by atoms with van der Waals surface area (Å²) in [5.41, 5.74) is 1.81. The lowest BCUT2D eigenvalue weighted by Gasteiger charge is -2.19. The number of sulfone groups is 1. The van der Waals surface area contributed by atoms with Crippen LogP contribution in [0.15, 0.2) is 60.7 Å². The molecule has 2 aromatic rings. The fourth-order valence-electron chi connectivity index (χ4n) is 2.54. The van der Waals surface area contributed by atoms with E-state index in [0.29, 0.717) is 13.1 Å². The van der Waals surface area contributed by atoms with E-state index in [1.165, 1.54) is 9.80 Å². The first kappa shape index (κ1) is 20.6. The Bertz CT molecular complexity index is 800. The van der Waals surface area contributed by atoms with Gasteiger partial charge in [-0.3, -0.25) is 9.59 Å². The highest BCUT2D eigenvalue weighted by Gasteiger charge is 2.24. The van der Waals surface area contributed by atoms with Crippen molar-refractivity contribution in [1.82, 2.24) is 9.80 Å². The second-order valence-electron chi connectivity index (χ2n) is 6.50. The molecule has 7 heteroatoms. The smallest absolute Gasteiger partial charge is 0.237 e. The zero-order valence-electron chi connectivity index (χ0n) is 15.5. The fraction of sp³-hybridized carbons (Fsp3) is 0.300. The van der Waals surface area contributed by atoms with Gasteiger partial charge in [0.1, 0.15) is 11.5 Å². The first-order chi connectivity index (χ1) is 12.8. The minimum Gasteiger partial charge on any atom is -0.341 e. The summed E-state index contributed by atoms with van der Waals surface area (Å²) in [4.78, 5) is 27.2. The Morgan fingerprint density at radius 1 is 0.704 bits per heavy atom. The molecule has 2 aromatic carbocycles. The normalized spacial score (nSPS) is 11.0. The summed E-state index contributed by atoms with van der Waals surface area (Å²) >= 11 is 0. The predicted octanol–water partition coefficient (Wildman–Crippen LogP) is 1.72. The highest BCUT2D eigenvalue weighted by Crippen LogP contribution is 2.06. The van der Waals surface area contributed by atoms with E-state index < -0.39 is 33.2 Å². The monoisotopic (exact) mass is 388 g/mol. The Morgan fingerprint density at radius 2 is 1.04 bits per heavy atom. The highest BCUT2D eigenvalue weighted by molar-refractivity contribution is 7.92. The number of nitrogens with zero attached hydrogens (tertiary/aromatic N) is 2. The number of amides is 2. The van der Waals surface area contributed by atoms with Crippen molar-refractivity contribution in [2.24, 2.45) is 0 Å². The second kappa shape index (κ2) is 9.32. The predicted molar refractivity (Wildman–Crippen MR) is 104 cm³/mol. The van der Waals surface area contributed by atoms with Gasteiger partial charge in [-0.1, -0.05) is 60.7 Å². The molecule has 0 atom stereocenters. The van der Waals surface area contributed by atoms with Gasteiger partial charge in [-0.2, -0.15) is 0 Å². The first-order valence-corrected chi connectivity index (χ1v) is 10.3. The molecule has 0 radical (unpaired) electrons. The van der Waals surface area contributed by atoms with Crippen LogP contribution in [-0.2, 0) is 32.5 Å². The van der Waals surface area contributed by atoms with Gasteiger partial charge in [0.15, 0.2) is 9.84 Å². The molecule has 0 bridgehead atoms. The minimum absolute atomic E-state index is 0.317. The number of hydrogen-bond donors (Lipinski definition) is 0. The molecule has 0 aliphatic rings. The summed E-state index contributed by atoms with van der Waals surface area (Å²) < 4.78 is 24.5. The van der Waals surface area contributed by atoms with Crippen molar-refractivity contribution in [1.29, 1.82) is 0 Å². The number of rotatable bonds is 8. The summed E-state index contributed by atoms with van der Waals surface area (Å²) in [7, 11) is -0.737. The van der Waals surface area contributed by atoms with Crippen LogP contribution in [0.25, 0.3) is 0 Å². The van der Waals surface area contributed by atoms with E-state index >= 15 is 0 Å². The van der Waals surface area contributed by atoms with Crippen molar-refractivity contribution in [2.45, 2.75) is 13.1 Å². The fourth-order valence-corrected chi connectivity index (χ4v) is 3.83. The van der Waals surface area contributed by atoms with E-state index in [1.807, 2.05) is 60.7 Å². The maximum atomic E-state index is 12.3. The van der Waals surface area contributed by atoms with Crippen molar-refractivity contribution >= 4 is 21.7 Å². The average Bonchev–Trinajstić information content (AvgIpc) is 2.62. The highest BCUT2D eigenvalue weighted by atomic mass is 32.2. The number of carbonyl (C=O) groups excluding carboxylic acids is 2. The molecule has 0 saturated heterocycles. The van der Waals surface area contributed by atoms with Crippen LogP contribution < -0.4 is 0 Å². The lowest BCUT2D eigenvalue weighted by Crippen LogP contribution is -2.37. The second-order valence-corrected chi connectivity index (χ2v) is 8.57. The van der Waals surface area contributed by atoms with Crippen LogP contribution in [0, 0.1) is 0 Å². The summed E-state index contributed by atoms with van der Waals surface area (Å²) in [6.07, 6.45) is 0. The van der Waals surface area contributed by atoms with Gasteiger partial charge in [-0.25, -0.2) is 8.42 Å². The average molecular weight is 388 g/mol. The molecule has 6 nitrogen and oxygen atoms in total. The summed E-state index contributed by atoms with van der Waals surface area (Å²) in [5.74, 6) is -2.42. The van der Waals surface area contributed by atoms with E-state index in [9.17, 15) is 18.0 Å². The molecule has 0 saturated carbocycles. The van der Waals surface area contributed by atoms with E-state index in [1.54, 1.807) is 14.1 Å². The maximum Gasteiger partial charge on any atom is 0.237 e. The van der Waals surface area contributed by atoms with Gasteiger partial charge in [0, 0.05) is 27.2 Å². The van der Waals surface area contributed by atoms with Crippen LogP contribution in [-0.4, -0.2) is 55.6 Å². The standard InChI is InChI=1S/C20H24N2O4S/c1-21(13-17-9-5-3-6-10-17)19(23)15-27(25,26)16-20(24)22(2)14-18-11-7-4-8-12-18/h3-12H,13-16H2,1-2H3. The van der Waals surface area contributed by atoms with E-state index in [0.717, 1.165) is 11.1 Å². The molecule has 2 rings (SSSR count). The molecule has 27 heavy (non-hydrogen) atoms. The largest absolute Gasteiger partial charge is 0.341 e. The first-order valence-electron chi connectivity index (χ1n) is 8.53. The van der Waals surface area contributed by atoms with E-state index in [2.05, 4.69) is 0 Å². The van der Waals surface area contributed by atoms with Crippen LogP contribution in [0.1, 0.15) is 11.1 Å². The zero-order chi connectivity index (χ0) is 19.9. The van der Waals surface area contributed by atoms with E-state index in [-0.39, 0.29) is 0 Å². The molecule has 0 N–H and O–H groups in total. The molecule has 0 aromatic heterocycles. The summed E-state index contributed by atoms with van der Waals surface area (Å²) in [5, 5.41) is 0. The lowest BCUT2D eigenvalue weighted by molar-refractivity contribution is -0.127. The van der Waals surface area contributed by atoms with Gasteiger partial charge in [0.25, 0.3) is 0 Å². The van der Waals surface area contributed by atoms with E-state index in [4.69, 9.17) is 0 Å². The van der Waals surface area contributed by atoms with Crippen molar-refractivity contribution in [3.05, 3.63) is 71.8 Å². The molecular formula is C20H24N2O4S. The van der Waals surface area contributed by atoms with Gasteiger partial charge < -0.3 is 9.80 Å². The Labute approximate surface area is 160 Å². The molecule has 2 amide bonds. The van der Waals surface area contributed by atoms with Gasteiger partial charge in [0.05, 0.1) is 0 Å².